The van der Waals surface area contributed by atoms with Crippen LogP contribution in [0.1, 0.15) is 43.5 Å². The lowest BCUT2D eigenvalue weighted by molar-refractivity contribution is 0.00120. The van der Waals surface area contributed by atoms with Gasteiger partial charge in [0.15, 0.2) is 0 Å². The van der Waals surface area contributed by atoms with Crippen molar-refractivity contribution in [2.75, 3.05) is 5.73 Å². The van der Waals surface area contributed by atoms with E-state index in [1.165, 1.54) is 22.8 Å². The number of fused-ring (bicyclic) bond motifs is 2. The molecule has 0 amide bonds. The summed E-state index contributed by atoms with van der Waals surface area (Å²) in [4.78, 5) is 13.1. The van der Waals surface area contributed by atoms with E-state index in [1.54, 1.807) is 0 Å². The molecule has 1 fully saturated rings. The summed E-state index contributed by atoms with van der Waals surface area (Å²) in [6, 6.07) is 10.8. The minimum Gasteiger partial charge on any atom is -0.383 e. The smallest absolute Gasteiger partial charge is 0.147 e. The van der Waals surface area contributed by atoms with Gasteiger partial charge in [0, 0.05) is 17.8 Å². The fourth-order valence-corrected chi connectivity index (χ4v) is 4.22. The number of hydrogen-bond donors (Lipinski definition) is 1. The Bertz CT molecular complexity index is 1170. The molecule has 6 heteroatoms. The highest BCUT2D eigenvalue weighted by Crippen LogP contribution is 2.33. The van der Waals surface area contributed by atoms with E-state index in [-0.39, 0.29) is 12.3 Å². The van der Waals surface area contributed by atoms with Gasteiger partial charge in [0.25, 0.3) is 0 Å². The molecule has 1 aromatic carbocycles. The Morgan fingerprint density at radius 3 is 2.93 bits per heavy atom. The zero-order valence-electron chi connectivity index (χ0n) is 16.6. The number of rotatable bonds is 5. The number of nitrogens with zero attached hydrogens (tertiary/aromatic N) is 4. The fraction of sp³-hybridized carbons (Fsp3) is 0.348. The van der Waals surface area contributed by atoms with E-state index in [0.717, 1.165) is 48.7 Å². The summed E-state index contributed by atoms with van der Waals surface area (Å²) in [5.41, 5.74) is 10.5. The van der Waals surface area contributed by atoms with Crippen LogP contribution in [0.15, 0.2) is 49.1 Å². The first-order valence-corrected chi connectivity index (χ1v) is 10.3. The minimum absolute atomic E-state index is 0.0116. The molecule has 1 saturated heterocycles. The van der Waals surface area contributed by atoms with Gasteiger partial charge in [0.1, 0.15) is 24.0 Å². The van der Waals surface area contributed by atoms with Crippen LogP contribution in [0.4, 0.5) is 5.82 Å². The molecule has 0 bridgehead atoms. The molecule has 0 spiro atoms. The van der Waals surface area contributed by atoms with Crippen molar-refractivity contribution in [2.24, 2.45) is 0 Å². The molecule has 0 saturated carbocycles. The third kappa shape index (κ3) is 3.44. The molecule has 5 rings (SSSR count). The third-order valence-electron chi connectivity index (χ3n) is 5.90. The zero-order valence-corrected chi connectivity index (χ0v) is 16.6. The van der Waals surface area contributed by atoms with Crippen molar-refractivity contribution >= 4 is 27.8 Å². The largest absolute Gasteiger partial charge is 0.383 e. The Kier molecular flexibility index (Phi) is 4.64. The lowest BCUT2D eigenvalue weighted by Gasteiger charge is -2.16. The number of nitrogen functional groups attached to an aromatic ring is 1. The van der Waals surface area contributed by atoms with Crippen molar-refractivity contribution in [2.45, 2.75) is 51.4 Å². The lowest BCUT2D eigenvalue weighted by Crippen LogP contribution is -2.12. The molecule has 0 unspecified atom stereocenters. The average Bonchev–Trinajstić information content (AvgIpc) is 3.39. The highest BCUT2D eigenvalue weighted by molar-refractivity contribution is 5.86. The molecule has 0 aliphatic carbocycles. The van der Waals surface area contributed by atoms with Crippen LogP contribution in [0.3, 0.4) is 0 Å². The van der Waals surface area contributed by atoms with Gasteiger partial charge in [-0.05, 0) is 61.4 Å². The van der Waals surface area contributed by atoms with Gasteiger partial charge < -0.3 is 15.0 Å². The Balaban J connectivity index is 1.25. The van der Waals surface area contributed by atoms with Crippen molar-refractivity contribution in [3.05, 3.63) is 60.2 Å². The first-order chi connectivity index (χ1) is 14.2. The van der Waals surface area contributed by atoms with Gasteiger partial charge in [-0.15, -0.1) is 0 Å². The summed E-state index contributed by atoms with van der Waals surface area (Å²) in [5.74, 6) is 0.513. The summed E-state index contributed by atoms with van der Waals surface area (Å²) in [5, 5.41) is 2.10. The summed E-state index contributed by atoms with van der Waals surface area (Å²) < 4.78 is 8.42. The summed E-state index contributed by atoms with van der Waals surface area (Å²) in [6.07, 6.45) is 10.8. The first kappa shape index (κ1) is 18.1. The van der Waals surface area contributed by atoms with Crippen LogP contribution < -0.4 is 5.73 Å². The summed E-state index contributed by atoms with van der Waals surface area (Å²) >= 11 is 0. The molecular formula is C23H25N5O. The van der Waals surface area contributed by atoms with E-state index >= 15 is 0 Å². The zero-order chi connectivity index (χ0) is 19.8. The van der Waals surface area contributed by atoms with Crippen LogP contribution >= 0.6 is 0 Å². The maximum absolute atomic E-state index is 6.34. The number of anilines is 1. The Hall–Kier alpha value is -2.99. The van der Waals surface area contributed by atoms with Gasteiger partial charge in [-0.1, -0.05) is 19.1 Å². The molecule has 4 heterocycles. The average molecular weight is 387 g/mol. The molecule has 3 aromatic heterocycles. The van der Waals surface area contributed by atoms with Gasteiger partial charge in [0.2, 0.25) is 0 Å². The van der Waals surface area contributed by atoms with Gasteiger partial charge in [0.05, 0.1) is 17.0 Å². The van der Waals surface area contributed by atoms with E-state index in [0.29, 0.717) is 5.82 Å². The van der Waals surface area contributed by atoms with E-state index in [1.807, 2.05) is 18.5 Å². The number of aryl methyl sites for hydroxylation is 2. The second-order valence-corrected chi connectivity index (χ2v) is 7.77. The van der Waals surface area contributed by atoms with Crippen molar-refractivity contribution < 1.29 is 4.74 Å². The van der Waals surface area contributed by atoms with Crippen molar-refractivity contribution in [3.63, 3.8) is 0 Å². The minimum atomic E-state index is 0.0116. The maximum Gasteiger partial charge on any atom is 0.147 e. The molecule has 4 aromatic rings. The Labute approximate surface area is 169 Å². The van der Waals surface area contributed by atoms with Gasteiger partial charge in [-0.25, -0.2) is 9.97 Å². The first-order valence-electron chi connectivity index (χ1n) is 10.3. The van der Waals surface area contributed by atoms with Crippen LogP contribution in [0.25, 0.3) is 21.9 Å². The van der Waals surface area contributed by atoms with Gasteiger partial charge in [-0.2, -0.15) is 0 Å². The lowest BCUT2D eigenvalue weighted by atomic mass is 10.0. The second-order valence-electron chi connectivity index (χ2n) is 7.77. The van der Waals surface area contributed by atoms with Crippen LogP contribution in [0.5, 0.6) is 0 Å². The standard InChI is InChI=1S/C23H25N5O/c1-2-15-11-17-5-3-16(12-20(17)25-13-15)4-6-18-7-8-21(29-18)28-10-9-19-22(24)26-14-27-23(19)28/h3,5,9-14,18,21H,2,4,6-8H2,1H3,(H2,24,26,27)/t18-,21-/m1/s1. The molecule has 148 valence electrons. The second kappa shape index (κ2) is 7.44. The predicted molar refractivity (Wildman–Crippen MR) is 115 cm³/mol. The normalized spacial score (nSPS) is 19.3. The van der Waals surface area contributed by atoms with Crippen LogP contribution in [0.2, 0.25) is 0 Å². The highest BCUT2D eigenvalue weighted by atomic mass is 16.5. The topological polar surface area (TPSA) is 78.9 Å². The molecule has 29 heavy (non-hydrogen) atoms. The molecule has 1 aliphatic rings. The van der Waals surface area contributed by atoms with Crippen molar-refractivity contribution in [1.82, 2.24) is 19.5 Å². The molecule has 2 atom stereocenters. The summed E-state index contributed by atoms with van der Waals surface area (Å²) in [6.45, 7) is 2.16. The quantitative estimate of drug-likeness (QED) is 0.548. The number of hydrogen-bond acceptors (Lipinski definition) is 5. The number of pyridine rings is 1. The number of ether oxygens (including phenoxy) is 1. The maximum atomic E-state index is 6.34. The van der Waals surface area contributed by atoms with Crippen LogP contribution in [-0.2, 0) is 17.6 Å². The van der Waals surface area contributed by atoms with Crippen molar-refractivity contribution in [1.29, 1.82) is 0 Å². The molecule has 1 aliphatic heterocycles. The third-order valence-corrected chi connectivity index (χ3v) is 5.90. The molecular weight excluding hydrogens is 362 g/mol. The van der Waals surface area contributed by atoms with Gasteiger partial charge in [-0.3, -0.25) is 4.98 Å². The SMILES string of the molecule is CCc1cnc2cc(CC[C@@H]3CC[C@H](n4ccc5c(N)ncnc54)O3)ccc2c1. The molecule has 6 nitrogen and oxygen atoms in total. The highest BCUT2D eigenvalue weighted by Gasteiger charge is 2.27. The molecule has 2 N–H and O–H groups in total. The summed E-state index contributed by atoms with van der Waals surface area (Å²) in [7, 11) is 0. The predicted octanol–water partition coefficient (Wildman–Crippen LogP) is 4.43. The van der Waals surface area contributed by atoms with E-state index in [9.17, 15) is 0 Å². The van der Waals surface area contributed by atoms with E-state index in [2.05, 4.69) is 50.7 Å². The monoisotopic (exact) mass is 387 g/mol. The number of benzene rings is 1. The van der Waals surface area contributed by atoms with Gasteiger partial charge >= 0.3 is 0 Å². The Morgan fingerprint density at radius 2 is 2.03 bits per heavy atom. The molecule has 0 radical (unpaired) electrons. The van der Waals surface area contributed by atoms with Crippen molar-refractivity contribution in [3.8, 4) is 0 Å². The number of aromatic nitrogens is 4. The van der Waals surface area contributed by atoms with Crippen LogP contribution in [-0.4, -0.2) is 25.6 Å². The Morgan fingerprint density at radius 1 is 1.10 bits per heavy atom. The number of nitrogens with two attached hydrogens (primary N) is 1. The van der Waals surface area contributed by atoms with E-state index in [4.69, 9.17) is 10.5 Å². The van der Waals surface area contributed by atoms with Crippen LogP contribution in [0, 0.1) is 0 Å². The fourth-order valence-electron chi connectivity index (χ4n) is 4.22. The van der Waals surface area contributed by atoms with E-state index < -0.39 is 0 Å².